The molecule has 6 aromatic carbocycles. The van der Waals surface area contributed by atoms with Gasteiger partial charge in [0.05, 0.1) is 92.7 Å². The highest BCUT2D eigenvalue weighted by Gasteiger charge is 2.39. The van der Waals surface area contributed by atoms with Crippen molar-refractivity contribution >= 4 is 17.3 Å². The summed E-state index contributed by atoms with van der Waals surface area (Å²) in [4.78, 5) is 63.7. The van der Waals surface area contributed by atoms with Gasteiger partial charge in [0.2, 0.25) is 17.2 Å². The van der Waals surface area contributed by atoms with Crippen LogP contribution in [0.25, 0.3) is 27.1 Å². The molecule has 1 N–H and O–H groups in total. The molecule has 0 aliphatic carbocycles. The van der Waals surface area contributed by atoms with Crippen LogP contribution >= 0.6 is 11.6 Å². The number of methoxy groups -OCH3 is 2. The predicted octanol–water partition coefficient (Wildman–Crippen LogP) is 11.9. The van der Waals surface area contributed by atoms with E-state index in [4.69, 9.17) is 42.4 Å². The van der Waals surface area contributed by atoms with Gasteiger partial charge in [-0.05, 0) is 108 Å². The number of halogens is 8. The van der Waals surface area contributed by atoms with Crippen LogP contribution in [0.1, 0.15) is 39.5 Å². The second-order valence-corrected chi connectivity index (χ2v) is 18.8. The molecule has 0 saturated heterocycles. The largest absolute Gasteiger partial charge is 0.497 e. The van der Waals surface area contributed by atoms with Crippen molar-refractivity contribution in [1.82, 2.24) is 39.1 Å². The molecule has 18 nitrogen and oxygen atoms in total. The third kappa shape index (κ3) is 15.2. The normalized spacial score (nSPS) is 10.8. The molecule has 4 aromatic heterocycles. The van der Waals surface area contributed by atoms with Gasteiger partial charge < -0.3 is 23.9 Å². The Bertz CT molecular complexity index is 4490. The van der Waals surface area contributed by atoms with E-state index in [1.165, 1.54) is 72.7 Å². The lowest BCUT2D eigenvalue weighted by Crippen LogP contribution is -2.30. The van der Waals surface area contributed by atoms with Gasteiger partial charge >= 0.3 is 6.18 Å². The molecule has 88 heavy (non-hydrogen) atoms. The standard InChI is InChI=1S/C31H20F5N5O4.C19H16ClFN2O2.C12H8FN3O2/c1-44-23-11-5-18(6-12-23)15-41-29(42)24(19-7-9-21(32)10-8-19)13-22(39-41)16-40-17-38-28(31(34,35)36)27(30(40)43)45-25-4-2-3-20(14-37)26(25)33;1-25-17-8-2-13(3-9-17)12-23-19(24)18(10-16(11-20)22-23)14-4-6-15(21)7-5-14;1-7-11(12(17)16-6-15-7)18-9-5-3-4-8(14-2)10(9)13/h2-13,17H,15-16H2,1H3;2-10H,11-12H2,1H3;3-6H,1H3,(H,15,16,17). The van der Waals surface area contributed by atoms with Crippen LogP contribution in [0.15, 0.2) is 177 Å². The molecule has 446 valence electrons. The van der Waals surface area contributed by atoms with Gasteiger partial charge in [-0.15, -0.1) is 11.6 Å². The molecule has 0 spiro atoms. The SMILES string of the molecule is COc1ccc(Cn2nc(CCl)cc(-c3ccc(F)cc3)c2=O)cc1.COc1ccc(Cn2nc(Cn3cnc(C(F)(F)F)c(Oc4cccc(C#N)c4F)c3=O)cc(-c3ccc(F)cc3)c2=O)cc1.[C-]#[N+]c1cccc(Oc2c(C)nc[nH]c2=O)c1F. The van der Waals surface area contributed by atoms with Crippen molar-refractivity contribution in [3.63, 3.8) is 0 Å². The minimum Gasteiger partial charge on any atom is -0.497 e. The van der Waals surface area contributed by atoms with E-state index in [-0.39, 0.29) is 52.2 Å². The van der Waals surface area contributed by atoms with Crippen LogP contribution in [0, 0.1) is 48.1 Å². The van der Waals surface area contributed by atoms with Gasteiger partial charge in [-0.25, -0.2) is 41.7 Å². The third-order valence-corrected chi connectivity index (χ3v) is 12.9. The van der Waals surface area contributed by atoms with E-state index in [9.17, 15) is 49.9 Å². The zero-order chi connectivity index (χ0) is 63.2. The molecule has 0 radical (unpaired) electrons. The maximum Gasteiger partial charge on any atom is 0.437 e. The highest BCUT2D eigenvalue weighted by atomic mass is 35.5. The summed E-state index contributed by atoms with van der Waals surface area (Å²) in [7, 11) is 3.09. The Hall–Kier alpha value is -11.2. The van der Waals surface area contributed by atoms with Crippen LogP contribution in [0.2, 0.25) is 0 Å². The first-order valence-electron chi connectivity index (χ1n) is 25.7. The van der Waals surface area contributed by atoms with Crippen LogP contribution in [0.3, 0.4) is 0 Å². The van der Waals surface area contributed by atoms with Crippen molar-refractivity contribution in [2.24, 2.45) is 0 Å². The number of aryl methyl sites for hydroxylation is 1. The number of H-pyrrole nitrogens is 1. The van der Waals surface area contributed by atoms with Crippen LogP contribution in [0.5, 0.6) is 34.5 Å². The molecule has 0 bridgehead atoms. The van der Waals surface area contributed by atoms with E-state index in [0.717, 1.165) is 44.8 Å². The molecule has 0 unspecified atom stereocenters. The lowest BCUT2D eigenvalue weighted by atomic mass is 10.1. The average Bonchev–Trinajstić information content (AvgIpc) is 2.91. The average molecular weight is 1230 g/mol. The Balaban J connectivity index is 0.000000194. The summed E-state index contributed by atoms with van der Waals surface area (Å²) in [6.45, 7) is 8.15. The molecule has 0 aliphatic heterocycles. The smallest absolute Gasteiger partial charge is 0.437 e. The highest BCUT2D eigenvalue weighted by Crippen LogP contribution is 2.36. The number of ether oxygens (including phenoxy) is 4. The number of nitrogens with zero attached hydrogens (tertiary/aromatic N) is 9. The van der Waals surface area contributed by atoms with Gasteiger partial charge in [0.15, 0.2) is 28.8 Å². The maximum atomic E-state index is 14.7. The van der Waals surface area contributed by atoms with Crippen molar-refractivity contribution in [2.75, 3.05) is 14.2 Å². The molecular weight excluding hydrogens is 1180 g/mol. The Morgan fingerprint density at radius 2 is 1.14 bits per heavy atom. The number of aromatic nitrogens is 8. The number of nitriles is 1. The van der Waals surface area contributed by atoms with Crippen molar-refractivity contribution in [3.05, 3.63) is 274 Å². The number of rotatable bonds is 15. The Morgan fingerprint density at radius 3 is 1.62 bits per heavy atom. The van der Waals surface area contributed by atoms with Crippen LogP contribution in [0.4, 0.5) is 36.4 Å². The quantitative estimate of drug-likeness (QED) is 0.0575. The van der Waals surface area contributed by atoms with Gasteiger partial charge in [0.25, 0.3) is 22.2 Å². The Kier molecular flexibility index (Phi) is 20.1. The Labute approximate surface area is 498 Å². The zero-order valence-corrected chi connectivity index (χ0v) is 46.9. The van der Waals surface area contributed by atoms with E-state index in [2.05, 4.69) is 30.0 Å². The molecule has 10 aromatic rings. The zero-order valence-electron chi connectivity index (χ0n) is 46.2. The molecule has 0 atom stereocenters. The van der Waals surface area contributed by atoms with Crippen molar-refractivity contribution in [2.45, 2.75) is 38.6 Å². The topological polar surface area (TPSA) is 215 Å². The highest BCUT2D eigenvalue weighted by molar-refractivity contribution is 6.16. The first-order chi connectivity index (χ1) is 42.2. The fraction of sp³-hybridized carbons (Fsp3) is 0.129. The van der Waals surface area contributed by atoms with Crippen molar-refractivity contribution < 1.29 is 49.7 Å². The Morgan fingerprint density at radius 1 is 0.636 bits per heavy atom. The summed E-state index contributed by atoms with van der Waals surface area (Å²) < 4.78 is 121. The summed E-state index contributed by atoms with van der Waals surface area (Å²) >= 11 is 5.92. The number of nitrogens with one attached hydrogen (secondary N) is 1. The summed E-state index contributed by atoms with van der Waals surface area (Å²) in [5, 5.41) is 17.7. The van der Waals surface area contributed by atoms with E-state index in [1.807, 2.05) is 24.3 Å². The van der Waals surface area contributed by atoms with Gasteiger partial charge in [0.1, 0.15) is 29.2 Å². The summed E-state index contributed by atoms with van der Waals surface area (Å²) in [5.74, 6) is -3.84. The van der Waals surface area contributed by atoms with Gasteiger partial charge in [-0.2, -0.15) is 28.6 Å². The van der Waals surface area contributed by atoms with Gasteiger partial charge in [0, 0.05) is 0 Å². The number of hydrogen-bond acceptors (Lipinski definition) is 13. The molecule has 0 amide bonds. The first-order valence-corrected chi connectivity index (χ1v) is 26.2. The summed E-state index contributed by atoms with van der Waals surface area (Å²) in [6.07, 6.45) is -3.30. The second-order valence-electron chi connectivity index (χ2n) is 18.5. The van der Waals surface area contributed by atoms with Crippen LogP contribution in [-0.4, -0.2) is 53.3 Å². The molecule has 4 heterocycles. The predicted molar refractivity (Wildman–Crippen MR) is 308 cm³/mol. The molecule has 0 aliphatic rings. The number of aromatic amines is 1. The minimum absolute atomic E-state index is 0.0338. The molecular formula is C62H44ClF7N10O8. The first kappa shape index (κ1) is 62.9. The van der Waals surface area contributed by atoms with Crippen molar-refractivity contribution in [1.29, 1.82) is 5.26 Å². The molecule has 26 heteroatoms. The van der Waals surface area contributed by atoms with Crippen LogP contribution < -0.4 is 41.2 Å². The lowest BCUT2D eigenvalue weighted by molar-refractivity contribution is -0.142. The van der Waals surface area contributed by atoms with E-state index < -0.39 is 69.6 Å². The fourth-order valence-corrected chi connectivity index (χ4v) is 8.37. The maximum absolute atomic E-state index is 14.7. The third-order valence-electron chi connectivity index (χ3n) is 12.6. The fourth-order valence-electron chi connectivity index (χ4n) is 8.24. The molecule has 0 fully saturated rings. The summed E-state index contributed by atoms with van der Waals surface area (Å²) in [5.41, 5.74) is -1.04. The van der Waals surface area contributed by atoms with Crippen molar-refractivity contribution in [3.8, 4) is 62.8 Å². The van der Waals surface area contributed by atoms with E-state index in [0.29, 0.717) is 52.3 Å². The monoisotopic (exact) mass is 1220 g/mol. The van der Waals surface area contributed by atoms with E-state index in [1.54, 1.807) is 62.6 Å². The number of alkyl halides is 4. The van der Waals surface area contributed by atoms with Gasteiger partial charge in [-0.1, -0.05) is 66.7 Å². The number of benzene rings is 6. The second kappa shape index (κ2) is 28.1. The van der Waals surface area contributed by atoms with Gasteiger partial charge in [-0.3, -0.25) is 23.7 Å². The van der Waals surface area contributed by atoms with Crippen LogP contribution in [-0.2, 0) is 31.7 Å². The molecule has 10 rings (SSSR count). The molecule has 0 saturated carbocycles. The lowest BCUT2D eigenvalue weighted by Gasteiger charge is -2.16. The van der Waals surface area contributed by atoms with E-state index >= 15 is 0 Å². The number of hydrogen-bond donors (Lipinski definition) is 1. The minimum atomic E-state index is -5.16. The summed E-state index contributed by atoms with van der Waals surface area (Å²) in [6, 6.07) is 36.8.